The zero-order valence-corrected chi connectivity index (χ0v) is 18.3. The average Bonchev–Trinajstić information content (AvgIpc) is 3.27. The molecule has 0 spiro atoms. The third-order valence-electron chi connectivity index (χ3n) is 6.30. The lowest BCUT2D eigenvalue weighted by Crippen LogP contribution is -2.48. The minimum atomic E-state index is -1.02. The van der Waals surface area contributed by atoms with Crippen molar-refractivity contribution in [3.05, 3.63) is 46.5 Å². The fourth-order valence-corrected chi connectivity index (χ4v) is 4.23. The Hall–Kier alpha value is -3.47. The van der Waals surface area contributed by atoms with Crippen molar-refractivity contribution < 1.29 is 13.9 Å². The number of fused-ring (bicyclic) bond motifs is 1. The van der Waals surface area contributed by atoms with Crippen molar-refractivity contribution in [2.45, 2.75) is 43.9 Å². The number of hydrogen-bond donors (Lipinski definition) is 3. The summed E-state index contributed by atoms with van der Waals surface area (Å²) in [6, 6.07) is 4.83. The summed E-state index contributed by atoms with van der Waals surface area (Å²) in [4.78, 5) is 30.4. The Kier molecular flexibility index (Phi) is 5.71. The molecule has 3 aromatic heterocycles. The molecular weight excluding hydrogens is 429 g/mol. The van der Waals surface area contributed by atoms with Crippen LogP contribution in [0.25, 0.3) is 5.65 Å². The fourth-order valence-electron chi connectivity index (χ4n) is 4.23. The van der Waals surface area contributed by atoms with Crippen LogP contribution in [-0.2, 0) is 4.74 Å². The predicted molar refractivity (Wildman–Crippen MR) is 121 cm³/mol. The van der Waals surface area contributed by atoms with E-state index in [-0.39, 0.29) is 17.2 Å². The molecule has 0 unspecified atom stereocenters. The maximum absolute atomic E-state index is 13.6. The van der Waals surface area contributed by atoms with Crippen LogP contribution in [0.15, 0.2) is 35.4 Å². The van der Waals surface area contributed by atoms with E-state index < -0.39 is 18.1 Å². The van der Waals surface area contributed by atoms with Gasteiger partial charge in [-0.25, -0.2) is 9.37 Å². The zero-order chi connectivity index (χ0) is 22.9. The van der Waals surface area contributed by atoms with Crippen LogP contribution < -0.4 is 21.5 Å². The number of anilines is 3. The molecule has 3 aromatic rings. The molecule has 2 aliphatic rings. The number of ether oxygens (including phenoxy) is 1. The SMILES string of the molecule is CNc1cc(Nc2cccn(C3CCOCC3)c2=O)nc2c(C(=O)N[C@H]3CC[C@H]3F)cnn12. The van der Waals surface area contributed by atoms with Crippen molar-refractivity contribution in [2.75, 3.05) is 30.9 Å². The van der Waals surface area contributed by atoms with E-state index in [4.69, 9.17) is 4.74 Å². The summed E-state index contributed by atoms with van der Waals surface area (Å²) >= 11 is 0. The van der Waals surface area contributed by atoms with Crippen molar-refractivity contribution in [3.8, 4) is 0 Å². The Morgan fingerprint density at radius 3 is 2.76 bits per heavy atom. The van der Waals surface area contributed by atoms with Crippen molar-refractivity contribution >= 4 is 28.9 Å². The molecule has 1 saturated carbocycles. The molecule has 174 valence electrons. The summed E-state index contributed by atoms with van der Waals surface area (Å²) < 4.78 is 22.3. The molecule has 0 aromatic carbocycles. The van der Waals surface area contributed by atoms with Crippen LogP contribution in [0, 0.1) is 0 Å². The highest BCUT2D eigenvalue weighted by Gasteiger charge is 2.33. The largest absolute Gasteiger partial charge is 0.381 e. The molecule has 10 nitrogen and oxygen atoms in total. The van der Waals surface area contributed by atoms with E-state index in [0.29, 0.717) is 49.0 Å². The second-order valence-electron chi connectivity index (χ2n) is 8.35. The van der Waals surface area contributed by atoms with Crippen LogP contribution in [0.5, 0.6) is 0 Å². The number of rotatable bonds is 6. The fraction of sp³-hybridized carbons (Fsp3) is 0.455. The topological polar surface area (TPSA) is 115 Å². The molecule has 0 radical (unpaired) electrons. The van der Waals surface area contributed by atoms with Gasteiger partial charge in [0, 0.05) is 38.6 Å². The standard InChI is InChI=1S/C22H26FN7O3/c1-24-19-11-18(26-17-3-2-8-29(22(17)32)13-6-9-33-10-7-13)28-20-14(12-25-30(19)20)21(31)27-16-5-4-15(16)23/h2-3,8,11-13,15-16,24H,4-7,9-10H2,1H3,(H,26,28)(H,27,31)/t15-,16+/m1/s1. The highest BCUT2D eigenvalue weighted by atomic mass is 19.1. The second kappa shape index (κ2) is 8.81. The quantitative estimate of drug-likeness (QED) is 0.522. The Morgan fingerprint density at radius 2 is 2.06 bits per heavy atom. The van der Waals surface area contributed by atoms with Crippen LogP contribution in [0.1, 0.15) is 42.1 Å². The van der Waals surface area contributed by atoms with Gasteiger partial charge < -0.3 is 25.3 Å². The van der Waals surface area contributed by atoms with E-state index in [1.54, 1.807) is 29.9 Å². The lowest BCUT2D eigenvalue weighted by molar-refractivity contribution is 0.0687. The number of carbonyl (C=O) groups excluding carboxylic acids is 1. The van der Waals surface area contributed by atoms with Crippen molar-refractivity contribution in [1.82, 2.24) is 24.5 Å². The first-order valence-electron chi connectivity index (χ1n) is 11.1. The molecule has 33 heavy (non-hydrogen) atoms. The van der Waals surface area contributed by atoms with Crippen molar-refractivity contribution in [1.29, 1.82) is 0 Å². The van der Waals surface area contributed by atoms with Crippen molar-refractivity contribution in [2.24, 2.45) is 0 Å². The smallest absolute Gasteiger partial charge is 0.274 e. The zero-order valence-electron chi connectivity index (χ0n) is 18.3. The highest BCUT2D eigenvalue weighted by molar-refractivity contribution is 6.00. The predicted octanol–water partition coefficient (Wildman–Crippen LogP) is 2.26. The third-order valence-corrected chi connectivity index (χ3v) is 6.30. The second-order valence-corrected chi connectivity index (χ2v) is 8.35. The lowest BCUT2D eigenvalue weighted by Gasteiger charge is -2.30. The van der Waals surface area contributed by atoms with Gasteiger partial charge in [-0.15, -0.1) is 0 Å². The van der Waals surface area contributed by atoms with Gasteiger partial charge in [0.2, 0.25) is 0 Å². The summed E-state index contributed by atoms with van der Waals surface area (Å²) in [6.45, 7) is 1.27. The number of hydrogen-bond acceptors (Lipinski definition) is 7. The lowest BCUT2D eigenvalue weighted by atomic mass is 9.90. The summed E-state index contributed by atoms with van der Waals surface area (Å²) in [5, 5.41) is 13.1. The molecule has 1 aliphatic heterocycles. The minimum Gasteiger partial charge on any atom is -0.381 e. The van der Waals surface area contributed by atoms with Gasteiger partial charge in [-0.2, -0.15) is 9.61 Å². The van der Waals surface area contributed by atoms with Gasteiger partial charge in [-0.3, -0.25) is 9.59 Å². The number of halogens is 1. The number of nitrogens with zero attached hydrogens (tertiary/aromatic N) is 4. The van der Waals surface area contributed by atoms with Gasteiger partial charge >= 0.3 is 0 Å². The van der Waals surface area contributed by atoms with Gasteiger partial charge in [0.25, 0.3) is 11.5 Å². The summed E-state index contributed by atoms with van der Waals surface area (Å²) in [5.41, 5.74) is 0.768. The van der Waals surface area contributed by atoms with Crippen molar-refractivity contribution in [3.63, 3.8) is 0 Å². The molecule has 1 saturated heterocycles. The van der Waals surface area contributed by atoms with E-state index in [0.717, 1.165) is 12.8 Å². The van der Waals surface area contributed by atoms with Gasteiger partial charge in [0.15, 0.2) is 5.65 Å². The Bertz CT molecular complexity index is 1230. The number of aromatic nitrogens is 4. The van der Waals surface area contributed by atoms with Crippen LogP contribution >= 0.6 is 0 Å². The van der Waals surface area contributed by atoms with Crippen LogP contribution in [0.3, 0.4) is 0 Å². The van der Waals surface area contributed by atoms with Gasteiger partial charge in [0.05, 0.1) is 12.2 Å². The molecule has 2 atom stereocenters. The van der Waals surface area contributed by atoms with Gasteiger partial charge in [-0.05, 0) is 37.8 Å². The maximum atomic E-state index is 13.6. The van der Waals surface area contributed by atoms with E-state index in [2.05, 4.69) is 26.0 Å². The molecule has 5 rings (SSSR count). The number of amides is 1. The third kappa shape index (κ3) is 4.04. The first-order valence-corrected chi connectivity index (χ1v) is 11.1. The number of carbonyl (C=O) groups is 1. The minimum absolute atomic E-state index is 0.0901. The van der Waals surface area contributed by atoms with Gasteiger partial charge in [-0.1, -0.05) is 0 Å². The molecular formula is C22H26FN7O3. The summed E-state index contributed by atoms with van der Waals surface area (Å²) in [7, 11) is 1.72. The molecule has 1 amide bonds. The molecule has 11 heteroatoms. The molecule has 0 bridgehead atoms. The number of pyridine rings is 1. The van der Waals surface area contributed by atoms with E-state index >= 15 is 0 Å². The Morgan fingerprint density at radius 1 is 1.24 bits per heavy atom. The molecule has 4 heterocycles. The van der Waals surface area contributed by atoms with Gasteiger partial charge in [0.1, 0.15) is 29.1 Å². The number of nitrogens with one attached hydrogen (secondary N) is 3. The summed E-state index contributed by atoms with van der Waals surface area (Å²) in [5.74, 6) is 0.537. The van der Waals surface area contributed by atoms with Crippen LogP contribution in [-0.4, -0.2) is 57.5 Å². The number of alkyl halides is 1. The summed E-state index contributed by atoms with van der Waals surface area (Å²) in [6.07, 6.45) is 4.81. The molecule has 1 aliphatic carbocycles. The normalized spacial score (nSPS) is 20.9. The molecule has 2 fully saturated rings. The Balaban J connectivity index is 1.46. The van der Waals surface area contributed by atoms with Crippen LogP contribution in [0.4, 0.5) is 21.7 Å². The van der Waals surface area contributed by atoms with E-state index in [1.165, 1.54) is 10.7 Å². The van der Waals surface area contributed by atoms with E-state index in [9.17, 15) is 14.0 Å². The monoisotopic (exact) mass is 455 g/mol. The van der Waals surface area contributed by atoms with E-state index in [1.807, 2.05) is 6.07 Å². The first kappa shape index (κ1) is 21.4. The maximum Gasteiger partial charge on any atom is 0.274 e. The van der Waals surface area contributed by atoms with Crippen LogP contribution in [0.2, 0.25) is 0 Å². The highest BCUT2D eigenvalue weighted by Crippen LogP contribution is 2.25. The first-order chi connectivity index (χ1) is 16.0. The Labute approximate surface area is 189 Å². The average molecular weight is 455 g/mol. The molecule has 3 N–H and O–H groups in total.